The Morgan fingerprint density at radius 2 is 1.42 bits per heavy atom. The molecule has 1 N–H and O–H groups in total. The van der Waals surface area contributed by atoms with Crippen molar-refractivity contribution < 1.29 is 22.0 Å². The number of halogens is 5. The Labute approximate surface area is 104 Å². The fraction of sp³-hybridized carbons (Fsp3) is 0.250. The molecule has 19 heavy (non-hydrogen) atoms. The first-order valence-corrected chi connectivity index (χ1v) is 5.57. The molecule has 1 aromatic carbocycles. The predicted octanol–water partition coefficient (Wildman–Crippen LogP) is 3.65. The van der Waals surface area contributed by atoms with Crippen LogP contribution in [0.4, 0.5) is 22.0 Å². The van der Waals surface area contributed by atoms with Gasteiger partial charge in [-0.15, -0.1) is 0 Å². The van der Waals surface area contributed by atoms with E-state index in [0.717, 1.165) is 12.8 Å². The summed E-state index contributed by atoms with van der Waals surface area (Å²) < 4.78 is 66.1. The van der Waals surface area contributed by atoms with Crippen LogP contribution in [0.1, 0.15) is 24.5 Å². The van der Waals surface area contributed by atoms with Crippen LogP contribution in [0.2, 0.25) is 0 Å². The van der Waals surface area contributed by atoms with Gasteiger partial charge in [-0.25, -0.2) is 26.9 Å². The van der Waals surface area contributed by atoms with Gasteiger partial charge in [-0.1, -0.05) is 0 Å². The van der Waals surface area contributed by atoms with Crippen LogP contribution in [-0.4, -0.2) is 9.97 Å². The Balaban J connectivity index is 2.17. The van der Waals surface area contributed by atoms with Crippen LogP contribution in [0, 0.1) is 29.1 Å². The lowest BCUT2D eigenvalue weighted by molar-refractivity contribution is 0.381. The quantitative estimate of drug-likeness (QED) is 0.505. The summed E-state index contributed by atoms with van der Waals surface area (Å²) in [6, 6.07) is 0. The second kappa shape index (κ2) is 4.04. The van der Waals surface area contributed by atoms with E-state index in [1.165, 1.54) is 6.20 Å². The van der Waals surface area contributed by atoms with Gasteiger partial charge in [0.2, 0.25) is 5.82 Å². The van der Waals surface area contributed by atoms with E-state index in [1.807, 2.05) is 0 Å². The second-order valence-corrected chi connectivity index (χ2v) is 4.41. The largest absolute Gasteiger partial charge is 0.341 e. The summed E-state index contributed by atoms with van der Waals surface area (Å²) in [5, 5.41) is 0. The van der Waals surface area contributed by atoms with Crippen molar-refractivity contribution in [1.82, 2.24) is 9.97 Å². The van der Waals surface area contributed by atoms with E-state index in [9.17, 15) is 22.0 Å². The average Bonchev–Trinajstić information content (AvgIpc) is 3.14. The maximum atomic E-state index is 13.5. The first kappa shape index (κ1) is 12.1. The number of H-pyrrole nitrogens is 1. The second-order valence-electron chi connectivity index (χ2n) is 4.41. The molecule has 7 heteroatoms. The topological polar surface area (TPSA) is 28.7 Å². The average molecular weight is 274 g/mol. The van der Waals surface area contributed by atoms with Crippen molar-refractivity contribution in [2.24, 2.45) is 0 Å². The highest BCUT2D eigenvalue weighted by molar-refractivity contribution is 5.58. The normalized spacial score (nSPS) is 15.0. The minimum Gasteiger partial charge on any atom is -0.341 e. The maximum absolute atomic E-state index is 13.5. The lowest BCUT2D eigenvalue weighted by atomic mass is 10.1. The van der Waals surface area contributed by atoms with E-state index in [0.29, 0.717) is 5.69 Å². The Morgan fingerprint density at radius 3 is 1.95 bits per heavy atom. The zero-order valence-electron chi connectivity index (χ0n) is 9.41. The molecule has 0 unspecified atom stereocenters. The number of benzene rings is 1. The van der Waals surface area contributed by atoms with Gasteiger partial charge in [0, 0.05) is 17.8 Å². The van der Waals surface area contributed by atoms with Crippen molar-refractivity contribution in [2.45, 2.75) is 18.8 Å². The van der Waals surface area contributed by atoms with Crippen LogP contribution in [0.3, 0.4) is 0 Å². The summed E-state index contributed by atoms with van der Waals surface area (Å²) in [4.78, 5) is 6.29. The molecular weight excluding hydrogens is 267 g/mol. The third-order valence-corrected chi connectivity index (χ3v) is 3.06. The Hall–Kier alpha value is -1.92. The highest BCUT2D eigenvalue weighted by atomic mass is 19.2. The standard InChI is InChI=1S/C12H7F5N2/c13-7-6(8(14)10(16)11(17)9(7)15)12-18-3-5(19-12)4-1-2-4/h3-4H,1-2H2,(H,18,19). The summed E-state index contributed by atoms with van der Waals surface area (Å²) in [6.45, 7) is 0. The molecule has 0 amide bonds. The van der Waals surface area contributed by atoms with Gasteiger partial charge < -0.3 is 4.98 Å². The zero-order chi connectivity index (χ0) is 13.7. The van der Waals surface area contributed by atoms with E-state index >= 15 is 0 Å². The van der Waals surface area contributed by atoms with E-state index in [-0.39, 0.29) is 11.7 Å². The lowest BCUT2D eigenvalue weighted by Crippen LogP contribution is -2.04. The van der Waals surface area contributed by atoms with Crippen molar-refractivity contribution in [2.75, 3.05) is 0 Å². The molecule has 1 heterocycles. The number of nitrogens with zero attached hydrogens (tertiary/aromatic N) is 1. The number of hydrogen-bond donors (Lipinski definition) is 1. The highest BCUT2D eigenvalue weighted by Gasteiger charge is 2.30. The number of aromatic amines is 1. The van der Waals surface area contributed by atoms with E-state index in [1.54, 1.807) is 0 Å². The van der Waals surface area contributed by atoms with Crippen LogP contribution in [-0.2, 0) is 0 Å². The van der Waals surface area contributed by atoms with Gasteiger partial charge in [0.1, 0.15) is 5.82 Å². The van der Waals surface area contributed by atoms with Crippen LogP contribution in [0.15, 0.2) is 6.20 Å². The number of nitrogens with one attached hydrogen (secondary N) is 1. The fourth-order valence-electron chi connectivity index (χ4n) is 1.88. The Morgan fingerprint density at radius 1 is 0.895 bits per heavy atom. The van der Waals surface area contributed by atoms with Crippen LogP contribution in [0.5, 0.6) is 0 Å². The van der Waals surface area contributed by atoms with Gasteiger partial charge in [-0.2, -0.15) is 0 Å². The third-order valence-electron chi connectivity index (χ3n) is 3.06. The minimum atomic E-state index is -2.17. The van der Waals surface area contributed by atoms with Crippen molar-refractivity contribution in [1.29, 1.82) is 0 Å². The first-order valence-electron chi connectivity index (χ1n) is 5.57. The summed E-state index contributed by atoms with van der Waals surface area (Å²) in [5.74, 6) is -10.0. The summed E-state index contributed by atoms with van der Waals surface area (Å²) in [7, 11) is 0. The molecule has 1 saturated carbocycles. The lowest BCUT2D eigenvalue weighted by Gasteiger charge is -2.05. The van der Waals surface area contributed by atoms with Gasteiger partial charge in [0.05, 0.1) is 5.56 Å². The van der Waals surface area contributed by atoms with Gasteiger partial charge in [-0.05, 0) is 12.8 Å². The number of hydrogen-bond acceptors (Lipinski definition) is 1. The van der Waals surface area contributed by atoms with E-state index in [2.05, 4.69) is 9.97 Å². The Bertz CT molecular complexity index is 631. The molecule has 0 radical (unpaired) electrons. The first-order chi connectivity index (χ1) is 9.00. The number of aromatic nitrogens is 2. The fourth-order valence-corrected chi connectivity index (χ4v) is 1.88. The van der Waals surface area contributed by atoms with Crippen molar-refractivity contribution in [3.63, 3.8) is 0 Å². The van der Waals surface area contributed by atoms with Crippen molar-refractivity contribution >= 4 is 0 Å². The van der Waals surface area contributed by atoms with Gasteiger partial charge in [-0.3, -0.25) is 0 Å². The SMILES string of the molecule is Fc1c(F)c(F)c(-c2ncc(C3CC3)[nH]2)c(F)c1F. The van der Waals surface area contributed by atoms with Gasteiger partial charge in [0.25, 0.3) is 0 Å². The third kappa shape index (κ3) is 1.80. The predicted molar refractivity (Wildman–Crippen MR) is 55.8 cm³/mol. The summed E-state index contributed by atoms with van der Waals surface area (Å²) in [5.41, 5.74) is -0.387. The highest BCUT2D eigenvalue weighted by Crippen LogP contribution is 2.40. The van der Waals surface area contributed by atoms with Crippen LogP contribution < -0.4 is 0 Å². The molecule has 2 aromatic rings. The molecule has 0 aliphatic heterocycles. The molecule has 1 aliphatic rings. The van der Waals surface area contributed by atoms with E-state index in [4.69, 9.17) is 0 Å². The monoisotopic (exact) mass is 274 g/mol. The molecule has 2 nitrogen and oxygen atoms in total. The molecular formula is C12H7F5N2. The smallest absolute Gasteiger partial charge is 0.200 e. The van der Waals surface area contributed by atoms with E-state index < -0.39 is 34.6 Å². The maximum Gasteiger partial charge on any atom is 0.200 e. The number of imidazole rings is 1. The Kier molecular flexibility index (Phi) is 2.58. The van der Waals surface area contributed by atoms with Crippen molar-refractivity contribution in [3.8, 4) is 11.4 Å². The minimum absolute atomic E-state index is 0.225. The zero-order valence-corrected chi connectivity index (χ0v) is 9.41. The molecule has 0 saturated heterocycles. The van der Waals surface area contributed by atoms with Crippen LogP contribution >= 0.6 is 0 Å². The molecule has 0 bridgehead atoms. The molecule has 3 rings (SSSR count). The van der Waals surface area contributed by atoms with Gasteiger partial charge >= 0.3 is 0 Å². The molecule has 1 aliphatic carbocycles. The molecule has 1 aromatic heterocycles. The molecule has 100 valence electrons. The summed E-state index contributed by atoms with van der Waals surface area (Å²) >= 11 is 0. The summed E-state index contributed by atoms with van der Waals surface area (Å²) in [6.07, 6.45) is 3.18. The molecule has 0 spiro atoms. The van der Waals surface area contributed by atoms with Crippen molar-refractivity contribution in [3.05, 3.63) is 41.0 Å². The number of rotatable bonds is 2. The van der Waals surface area contributed by atoms with Gasteiger partial charge in [0.15, 0.2) is 23.3 Å². The van der Waals surface area contributed by atoms with Crippen LogP contribution in [0.25, 0.3) is 11.4 Å². The molecule has 0 atom stereocenters. The molecule has 1 fully saturated rings.